The number of carbonyl (C=O) groups is 3. The summed E-state index contributed by atoms with van der Waals surface area (Å²) in [6.45, 7) is 10.9. The summed E-state index contributed by atoms with van der Waals surface area (Å²) in [4.78, 5) is 37.5. The summed E-state index contributed by atoms with van der Waals surface area (Å²) in [5, 5.41) is 10.4. The van der Waals surface area contributed by atoms with Gasteiger partial charge < -0.3 is 33.3 Å². The summed E-state index contributed by atoms with van der Waals surface area (Å²) in [7, 11) is 0. The zero-order valence-corrected chi connectivity index (χ0v) is 20.4. The molecule has 35 heavy (non-hydrogen) atoms. The van der Waals surface area contributed by atoms with Gasteiger partial charge >= 0.3 is 11.9 Å². The van der Waals surface area contributed by atoms with Gasteiger partial charge in [0.05, 0.1) is 37.1 Å². The van der Waals surface area contributed by atoms with Crippen LogP contribution in [-0.2, 0) is 33.3 Å². The highest BCUT2D eigenvalue weighted by Gasteiger charge is 2.74. The van der Waals surface area contributed by atoms with Gasteiger partial charge in [-0.3, -0.25) is 9.59 Å². The number of aldehydes is 1. The van der Waals surface area contributed by atoms with Crippen LogP contribution in [0, 0.1) is 23.2 Å². The van der Waals surface area contributed by atoms with E-state index in [2.05, 4.69) is 6.58 Å². The van der Waals surface area contributed by atoms with Crippen LogP contribution in [0.25, 0.3) is 0 Å². The van der Waals surface area contributed by atoms with E-state index in [4.69, 9.17) is 23.4 Å². The lowest BCUT2D eigenvalue weighted by Crippen LogP contribution is -2.62. The summed E-state index contributed by atoms with van der Waals surface area (Å²) in [6.07, 6.45) is 1.03. The molecule has 0 aromatic carbocycles. The zero-order valence-electron chi connectivity index (χ0n) is 20.4. The van der Waals surface area contributed by atoms with Crippen LogP contribution in [0.3, 0.4) is 0 Å². The van der Waals surface area contributed by atoms with E-state index >= 15 is 0 Å². The van der Waals surface area contributed by atoms with Crippen molar-refractivity contribution in [2.45, 2.75) is 76.2 Å². The van der Waals surface area contributed by atoms with Gasteiger partial charge in [-0.25, -0.2) is 0 Å². The first-order valence-electron chi connectivity index (χ1n) is 12.0. The molecule has 1 N–H and O–H groups in total. The first-order chi connectivity index (χ1) is 16.5. The van der Waals surface area contributed by atoms with E-state index in [9.17, 15) is 19.5 Å². The molecule has 9 nitrogen and oxygen atoms in total. The van der Waals surface area contributed by atoms with E-state index in [1.54, 1.807) is 26.2 Å². The van der Waals surface area contributed by atoms with Gasteiger partial charge in [0.1, 0.15) is 36.3 Å². The van der Waals surface area contributed by atoms with Gasteiger partial charge in [0, 0.05) is 23.8 Å². The van der Waals surface area contributed by atoms with E-state index in [0.29, 0.717) is 17.6 Å². The lowest BCUT2D eigenvalue weighted by Gasteiger charge is -2.54. The Hall–Kier alpha value is -2.49. The monoisotopic (exact) mass is 488 g/mol. The molecule has 5 rings (SSSR count). The molecule has 9 atom stereocenters. The van der Waals surface area contributed by atoms with Gasteiger partial charge in [-0.1, -0.05) is 13.5 Å². The van der Waals surface area contributed by atoms with Crippen LogP contribution >= 0.6 is 0 Å². The van der Waals surface area contributed by atoms with Crippen molar-refractivity contribution in [3.63, 3.8) is 0 Å². The molecule has 2 bridgehead atoms. The molecule has 9 unspecified atom stereocenters. The van der Waals surface area contributed by atoms with E-state index in [0.717, 1.165) is 6.29 Å². The van der Waals surface area contributed by atoms with Crippen LogP contribution < -0.4 is 0 Å². The fourth-order valence-corrected chi connectivity index (χ4v) is 7.20. The number of fused-ring (bicyclic) bond motifs is 3. The molecular formula is C26H32O9. The molecular weight excluding hydrogens is 456 g/mol. The SMILES string of the molecule is C=C1C2CC3(C)C(c4ccoc4)OC(=O)CC13OC1C(OC(C)=O)C(CO)C(C)(C)OC(C=O)C21. The van der Waals surface area contributed by atoms with Crippen LogP contribution in [0.4, 0.5) is 0 Å². The average Bonchev–Trinajstić information content (AvgIpc) is 3.33. The fraction of sp³-hybridized carbons (Fsp3) is 0.654. The summed E-state index contributed by atoms with van der Waals surface area (Å²) in [5.74, 6) is -2.45. The quantitative estimate of drug-likeness (QED) is 0.387. The third-order valence-corrected chi connectivity index (χ3v) is 8.85. The van der Waals surface area contributed by atoms with Crippen molar-refractivity contribution < 1.29 is 42.9 Å². The van der Waals surface area contributed by atoms with Gasteiger partial charge in [-0.05, 0) is 37.8 Å². The molecule has 4 aliphatic rings. The molecule has 4 heterocycles. The molecule has 190 valence electrons. The van der Waals surface area contributed by atoms with Crippen LogP contribution in [0.1, 0.15) is 52.2 Å². The number of rotatable bonds is 4. The van der Waals surface area contributed by atoms with Gasteiger partial charge in [0.15, 0.2) is 0 Å². The van der Waals surface area contributed by atoms with Crippen molar-refractivity contribution in [1.29, 1.82) is 0 Å². The summed E-state index contributed by atoms with van der Waals surface area (Å²) < 4.78 is 30.1. The maximum Gasteiger partial charge on any atom is 0.309 e. The summed E-state index contributed by atoms with van der Waals surface area (Å²) in [6, 6.07) is 1.76. The molecule has 1 saturated carbocycles. The molecule has 1 spiro atoms. The van der Waals surface area contributed by atoms with Crippen LogP contribution in [0.2, 0.25) is 0 Å². The van der Waals surface area contributed by atoms with E-state index < -0.39 is 64.8 Å². The molecule has 1 aromatic rings. The molecule has 0 radical (unpaired) electrons. The second-order valence-electron chi connectivity index (χ2n) is 11.0. The Kier molecular flexibility index (Phi) is 5.54. The molecule has 3 aliphatic heterocycles. The van der Waals surface area contributed by atoms with Crippen molar-refractivity contribution in [2.24, 2.45) is 23.2 Å². The Morgan fingerprint density at radius 3 is 2.66 bits per heavy atom. The van der Waals surface area contributed by atoms with Crippen molar-refractivity contribution in [3.8, 4) is 0 Å². The van der Waals surface area contributed by atoms with Gasteiger partial charge in [-0.15, -0.1) is 0 Å². The Bertz CT molecular complexity index is 1050. The Labute approximate surface area is 203 Å². The fourth-order valence-electron chi connectivity index (χ4n) is 7.20. The first-order valence-corrected chi connectivity index (χ1v) is 12.0. The molecule has 9 heteroatoms. The van der Waals surface area contributed by atoms with E-state index in [1.807, 2.05) is 6.92 Å². The molecule has 0 amide bonds. The van der Waals surface area contributed by atoms with Crippen molar-refractivity contribution in [3.05, 3.63) is 36.3 Å². The van der Waals surface area contributed by atoms with Crippen molar-refractivity contribution in [2.75, 3.05) is 6.61 Å². The minimum atomic E-state index is -1.11. The van der Waals surface area contributed by atoms with E-state index in [-0.39, 0.29) is 18.9 Å². The number of hydrogen-bond donors (Lipinski definition) is 1. The normalized spacial score (nSPS) is 44.0. The summed E-state index contributed by atoms with van der Waals surface area (Å²) >= 11 is 0. The molecule has 3 saturated heterocycles. The molecule has 1 aliphatic carbocycles. The van der Waals surface area contributed by atoms with Gasteiger partial charge in [0.2, 0.25) is 0 Å². The molecule has 4 fully saturated rings. The summed E-state index contributed by atoms with van der Waals surface area (Å²) in [5.41, 5.74) is -1.41. The predicted octanol–water partition coefficient (Wildman–Crippen LogP) is 2.52. The highest BCUT2D eigenvalue weighted by atomic mass is 16.6. The second-order valence-corrected chi connectivity index (χ2v) is 11.0. The molecule has 1 aromatic heterocycles. The van der Waals surface area contributed by atoms with Crippen LogP contribution in [0.15, 0.2) is 35.2 Å². The third kappa shape index (κ3) is 3.28. The van der Waals surface area contributed by atoms with Crippen LogP contribution in [-0.4, -0.2) is 59.5 Å². The minimum absolute atomic E-state index is 0.0526. The topological polar surface area (TPSA) is 122 Å². The van der Waals surface area contributed by atoms with Crippen LogP contribution in [0.5, 0.6) is 0 Å². The average molecular weight is 489 g/mol. The lowest BCUT2D eigenvalue weighted by atomic mass is 9.65. The Morgan fingerprint density at radius 1 is 1.31 bits per heavy atom. The number of hydrogen-bond acceptors (Lipinski definition) is 9. The number of carbonyl (C=O) groups excluding carboxylic acids is 3. The number of esters is 2. The first kappa shape index (κ1) is 24.2. The number of cyclic esters (lactones) is 1. The smallest absolute Gasteiger partial charge is 0.309 e. The third-order valence-electron chi connectivity index (χ3n) is 8.85. The minimum Gasteiger partial charge on any atom is -0.472 e. The van der Waals surface area contributed by atoms with E-state index in [1.165, 1.54) is 13.2 Å². The highest BCUT2D eigenvalue weighted by Crippen LogP contribution is 2.70. The standard InChI is InChI=1S/C26H32O9/c1-13-16-8-25(5)23(15-6-7-31-12-15)33-19(30)9-26(13,25)35-22-20(16)18(11-28)34-24(3,4)17(10-27)21(22)32-14(2)29/h6-7,11-12,16-18,20-23,27H,1,8-10H2,2-5H3. The second kappa shape index (κ2) is 8.01. The maximum atomic E-state index is 12.9. The number of aliphatic hydroxyl groups excluding tert-OH is 1. The largest absolute Gasteiger partial charge is 0.472 e. The van der Waals surface area contributed by atoms with Gasteiger partial charge in [-0.2, -0.15) is 0 Å². The number of furan rings is 1. The highest BCUT2D eigenvalue weighted by molar-refractivity contribution is 5.75. The van der Waals surface area contributed by atoms with Crippen molar-refractivity contribution >= 4 is 18.2 Å². The lowest BCUT2D eigenvalue weighted by molar-refractivity contribution is -0.243. The van der Waals surface area contributed by atoms with Gasteiger partial charge in [0.25, 0.3) is 0 Å². The van der Waals surface area contributed by atoms with Crippen molar-refractivity contribution in [1.82, 2.24) is 0 Å². The number of aliphatic hydroxyl groups is 1. The number of ether oxygens (including phenoxy) is 4. The Morgan fingerprint density at radius 2 is 2.06 bits per heavy atom. The predicted molar refractivity (Wildman–Crippen MR) is 120 cm³/mol. The Balaban J connectivity index is 1.68. The zero-order chi connectivity index (χ0) is 25.3. The maximum absolute atomic E-state index is 12.9.